The first-order valence-corrected chi connectivity index (χ1v) is 13.5. The van der Waals surface area contributed by atoms with Crippen LogP contribution in [0.4, 0.5) is 0 Å². The first-order valence-electron chi connectivity index (χ1n) is 11.1. The quantitative estimate of drug-likeness (QED) is 0.135. The first-order chi connectivity index (χ1) is 16.5. The van der Waals surface area contributed by atoms with Gasteiger partial charge in [-0.2, -0.15) is 23.5 Å². The largest absolute Gasteiger partial charge is 0.486 e. The highest BCUT2D eigenvalue weighted by Crippen LogP contribution is 2.31. The fourth-order valence-electron chi connectivity index (χ4n) is 3.23. The number of benzene rings is 1. The van der Waals surface area contributed by atoms with E-state index in [0.29, 0.717) is 32.1 Å². The third kappa shape index (κ3) is 9.47. The summed E-state index contributed by atoms with van der Waals surface area (Å²) in [6, 6.07) is 9.99. The van der Waals surface area contributed by atoms with Gasteiger partial charge in [0.2, 0.25) is 0 Å². The molecule has 1 aliphatic heterocycles. The molecule has 0 aliphatic carbocycles. The molecule has 0 saturated heterocycles. The van der Waals surface area contributed by atoms with Gasteiger partial charge in [0.05, 0.1) is 18.8 Å². The topological polar surface area (TPSA) is 102 Å². The van der Waals surface area contributed by atoms with Crippen molar-refractivity contribution in [3.8, 4) is 11.5 Å². The van der Waals surface area contributed by atoms with Gasteiger partial charge in [0, 0.05) is 28.7 Å². The van der Waals surface area contributed by atoms with Crippen molar-refractivity contribution in [2.75, 3.05) is 58.4 Å². The Hall–Kier alpha value is -2.37. The Bertz CT molecular complexity index is 951. The summed E-state index contributed by atoms with van der Waals surface area (Å²) in [5.74, 6) is 7.07. The summed E-state index contributed by atoms with van der Waals surface area (Å²) < 4.78 is 17.0. The molecule has 0 radical (unpaired) electrons. The summed E-state index contributed by atoms with van der Waals surface area (Å²) in [6.45, 7) is 2.79. The molecule has 11 heteroatoms. The van der Waals surface area contributed by atoms with Crippen molar-refractivity contribution in [2.45, 2.75) is 18.1 Å². The van der Waals surface area contributed by atoms with Crippen molar-refractivity contribution >= 4 is 29.4 Å². The Kier molecular flexibility index (Phi) is 10.9. The number of nitrogens with zero attached hydrogens (tertiary/aromatic N) is 3. The van der Waals surface area contributed by atoms with E-state index in [4.69, 9.17) is 13.9 Å². The second kappa shape index (κ2) is 14.1. The molecule has 0 unspecified atom stereocenters. The first kappa shape index (κ1) is 26.2. The van der Waals surface area contributed by atoms with Crippen molar-refractivity contribution in [1.82, 2.24) is 10.2 Å². The van der Waals surface area contributed by atoms with Crippen LogP contribution in [0.1, 0.15) is 17.1 Å². The lowest BCUT2D eigenvalue weighted by molar-refractivity contribution is -0.463. The lowest BCUT2D eigenvalue weighted by atomic mass is 10.2. The van der Waals surface area contributed by atoms with Crippen molar-refractivity contribution in [3.05, 3.63) is 57.5 Å². The third-order valence-corrected chi connectivity index (χ3v) is 6.69. The number of fused-ring (bicyclic) bond motifs is 1. The average molecular weight is 509 g/mol. The maximum atomic E-state index is 11.0. The SMILES string of the molecule is CN(C)Cc1ccc(CSCCN=C(C[N+](=O)[O-])NCCSCc2ccc3c(c2)OCCO3)o1. The summed E-state index contributed by atoms with van der Waals surface area (Å²) >= 11 is 3.46. The summed E-state index contributed by atoms with van der Waals surface area (Å²) in [4.78, 5) is 17.1. The monoisotopic (exact) mass is 508 g/mol. The number of nitrogens with one attached hydrogen (secondary N) is 1. The van der Waals surface area contributed by atoms with Crippen LogP contribution in [0.5, 0.6) is 11.5 Å². The fourth-order valence-corrected chi connectivity index (χ4v) is 4.76. The number of ether oxygens (including phenoxy) is 2. The van der Waals surface area contributed by atoms with Crippen LogP contribution in [0.15, 0.2) is 39.7 Å². The number of amidine groups is 1. The third-order valence-electron chi connectivity index (χ3n) is 4.70. The van der Waals surface area contributed by atoms with Crippen LogP contribution < -0.4 is 14.8 Å². The van der Waals surface area contributed by atoms with Crippen molar-refractivity contribution in [3.63, 3.8) is 0 Å². The fraction of sp³-hybridized carbons (Fsp3) is 0.522. The zero-order valence-electron chi connectivity index (χ0n) is 19.7. The van der Waals surface area contributed by atoms with E-state index in [-0.39, 0.29) is 11.5 Å². The second-order valence-corrected chi connectivity index (χ2v) is 10.1. The molecule has 0 fully saturated rings. The van der Waals surface area contributed by atoms with Crippen molar-refractivity contribution in [1.29, 1.82) is 0 Å². The Labute approximate surface area is 208 Å². The second-order valence-electron chi connectivity index (χ2n) is 7.94. The van der Waals surface area contributed by atoms with Gasteiger partial charge in [-0.25, -0.2) is 0 Å². The lowest BCUT2D eigenvalue weighted by Crippen LogP contribution is -2.32. The molecule has 0 atom stereocenters. The maximum Gasteiger partial charge on any atom is 0.259 e. The van der Waals surface area contributed by atoms with Crippen molar-refractivity contribution in [2.24, 2.45) is 4.99 Å². The molecule has 1 N–H and O–H groups in total. The van der Waals surface area contributed by atoms with E-state index in [1.807, 2.05) is 44.4 Å². The Morgan fingerprint density at radius 3 is 2.65 bits per heavy atom. The zero-order valence-corrected chi connectivity index (χ0v) is 21.3. The van der Waals surface area contributed by atoms with Crippen LogP contribution in [-0.2, 0) is 18.1 Å². The number of thioether (sulfide) groups is 2. The predicted octanol–water partition coefficient (Wildman–Crippen LogP) is 3.54. The van der Waals surface area contributed by atoms with Crippen LogP contribution in [0.3, 0.4) is 0 Å². The van der Waals surface area contributed by atoms with E-state index in [2.05, 4.69) is 15.2 Å². The number of hydrogen-bond acceptors (Lipinski definition) is 9. The van der Waals surface area contributed by atoms with E-state index in [9.17, 15) is 10.1 Å². The highest BCUT2D eigenvalue weighted by molar-refractivity contribution is 7.98. The summed E-state index contributed by atoms with van der Waals surface area (Å²) in [5, 5.41) is 14.1. The minimum absolute atomic E-state index is 0.288. The molecule has 0 saturated carbocycles. The molecule has 0 amide bonds. The smallest absolute Gasteiger partial charge is 0.259 e. The number of rotatable bonds is 14. The molecule has 1 aliphatic rings. The normalized spacial score (nSPS) is 13.3. The number of aliphatic imine (C=N–C) groups is 1. The predicted molar refractivity (Wildman–Crippen MR) is 138 cm³/mol. The Morgan fingerprint density at radius 2 is 1.85 bits per heavy atom. The van der Waals surface area contributed by atoms with E-state index < -0.39 is 0 Å². The summed E-state index contributed by atoms with van der Waals surface area (Å²) in [6.07, 6.45) is 0. The highest BCUT2D eigenvalue weighted by Gasteiger charge is 2.12. The van der Waals surface area contributed by atoms with Gasteiger partial charge < -0.3 is 24.1 Å². The molecule has 2 aromatic rings. The number of furan rings is 1. The molecule has 0 bridgehead atoms. The Balaban J connectivity index is 1.33. The van der Waals surface area contributed by atoms with E-state index >= 15 is 0 Å². The molecular weight excluding hydrogens is 476 g/mol. The van der Waals surface area contributed by atoms with Crippen LogP contribution in [-0.4, -0.2) is 74.1 Å². The van der Waals surface area contributed by atoms with E-state index in [1.54, 1.807) is 23.5 Å². The van der Waals surface area contributed by atoms with Gasteiger partial charge in [-0.1, -0.05) is 6.07 Å². The summed E-state index contributed by atoms with van der Waals surface area (Å²) in [7, 11) is 4.01. The van der Waals surface area contributed by atoms with Gasteiger partial charge in [-0.15, -0.1) is 0 Å². The maximum absolute atomic E-state index is 11.0. The van der Waals surface area contributed by atoms with Gasteiger partial charge in [-0.3, -0.25) is 15.1 Å². The molecule has 1 aromatic carbocycles. The van der Waals surface area contributed by atoms with Gasteiger partial charge in [0.15, 0.2) is 17.3 Å². The van der Waals surface area contributed by atoms with Gasteiger partial charge in [-0.05, 0) is 43.9 Å². The molecule has 9 nitrogen and oxygen atoms in total. The molecule has 34 heavy (non-hydrogen) atoms. The van der Waals surface area contributed by atoms with Gasteiger partial charge >= 0.3 is 0 Å². The van der Waals surface area contributed by atoms with Crippen molar-refractivity contribution < 1.29 is 18.8 Å². The molecule has 186 valence electrons. The zero-order chi connectivity index (χ0) is 24.2. The number of nitro groups is 1. The standard InChI is InChI=1S/C23H32N4O5S2/c1-26(2)14-19-4-5-20(32-19)17-34-12-8-25-23(15-27(28)29)24-7-11-33-16-18-3-6-21-22(13-18)31-10-9-30-21/h3-6,13H,7-12,14-17H2,1-2H3,(H,24,25). The number of hydrogen-bond donors (Lipinski definition) is 1. The van der Waals surface area contributed by atoms with Crippen LogP contribution in [0.25, 0.3) is 0 Å². The van der Waals surface area contributed by atoms with E-state index in [1.165, 1.54) is 0 Å². The Morgan fingerprint density at radius 1 is 1.09 bits per heavy atom. The van der Waals surface area contributed by atoms with Gasteiger partial charge in [0.1, 0.15) is 24.7 Å². The van der Waals surface area contributed by atoms with Crippen LogP contribution in [0.2, 0.25) is 0 Å². The average Bonchev–Trinajstić information content (AvgIpc) is 3.24. The summed E-state index contributed by atoms with van der Waals surface area (Å²) in [5.41, 5.74) is 1.16. The van der Waals surface area contributed by atoms with Crippen LogP contribution in [0, 0.1) is 10.1 Å². The lowest BCUT2D eigenvalue weighted by Gasteiger charge is -2.18. The van der Waals surface area contributed by atoms with Crippen LogP contribution >= 0.6 is 23.5 Å². The van der Waals surface area contributed by atoms with E-state index in [0.717, 1.165) is 58.1 Å². The van der Waals surface area contributed by atoms with Gasteiger partial charge in [0.25, 0.3) is 6.54 Å². The molecular formula is C23H32N4O5S2. The minimum Gasteiger partial charge on any atom is -0.486 e. The molecule has 1 aromatic heterocycles. The highest BCUT2D eigenvalue weighted by atomic mass is 32.2. The molecule has 2 heterocycles. The molecule has 0 spiro atoms. The molecule has 3 rings (SSSR count). The minimum atomic E-state index is -0.351.